The minimum absolute atomic E-state index is 0.293. The number of hydrogen-bond acceptors (Lipinski definition) is 6. The van der Waals surface area contributed by atoms with Gasteiger partial charge in [0.2, 0.25) is 0 Å². The SMILES string of the molecule is Cc1c(COc2ncc3ncccc3n2)nc2c3cccnc3ccn12. The summed E-state index contributed by atoms with van der Waals surface area (Å²) in [6.45, 7) is 2.31. The lowest BCUT2D eigenvalue weighted by atomic mass is 10.2. The fourth-order valence-electron chi connectivity index (χ4n) is 3.01. The summed E-state index contributed by atoms with van der Waals surface area (Å²) in [4.78, 5) is 21.9. The lowest BCUT2D eigenvalue weighted by molar-refractivity contribution is 0.277. The molecule has 26 heavy (non-hydrogen) atoms. The van der Waals surface area contributed by atoms with Crippen molar-refractivity contribution in [3.63, 3.8) is 0 Å². The van der Waals surface area contributed by atoms with Crippen LogP contribution < -0.4 is 4.74 Å². The van der Waals surface area contributed by atoms with E-state index < -0.39 is 0 Å². The molecule has 126 valence electrons. The molecule has 0 bridgehead atoms. The summed E-state index contributed by atoms with van der Waals surface area (Å²) < 4.78 is 7.83. The van der Waals surface area contributed by atoms with Crippen molar-refractivity contribution in [3.8, 4) is 6.01 Å². The van der Waals surface area contributed by atoms with Gasteiger partial charge in [0.05, 0.1) is 22.9 Å². The standard InChI is InChI=1S/C19H14N6O/c1-12-17(11-26-19-22-10-16-15(24-19)5-3-8-21-16)23-18-13-4-2-7-20-14(13)6-9-25(12)18/h2-10H,11H2,1H3. The molecular weight excluding hydrogens is 328 g/mol. The molecule has 5 rings (SSSR count). The van der Waals surface area contributed by atoms with Crippen LogP contribution in [0.25, 0.3) is 27.6 Å². The Morgan fingerprint density at radius 2 is 1.77 bits per heavy atom. The molecule has 0 aliphatic rings. The van der Waals surface area contributed by atoms with E-state index in [0.717, 1.165) is 39.0 Å². The van der Waals surface area contributed by atoms with Gasteiger partial charge >= 0.3 is 6.01 Å². The van der Waals surface area contributed by atoms with Crippen molar-refractivity contribution in [2.75, 3.05) is 0 Å². The molecule has 0 aromatic carbocycles. The first-order valence-corrected chi connectivity index (χ1v) is 8.21. The van der Waals surface area contributed by atoms with Crippen LogP contribution >= 0.6 is 0 Å². The highest BCUT2D eigenvalue weighted by atomic mass is 16.5. The second-order valence-electron chi connectivity index (χ2n) is 5.94. The van der Waals surface area contributed by atoms with Crippen LogP contribution in [0.15, 0.2) is 55.1 Å². The van der Waals surface area contributed by atoms with Gasteiger partial charge in [-0.1, -0.05) is 0 Å². The lowest BCUT2D eigenvalue weighted by Gasteiger charge is -2.04. The normalized spacial score (nSPS) is 11.4. The topological polar surface area (TPSA) is 78.1 Å². The van der Waals surface area contributed by atoms with Crippen LogP contribution in [0.3, 0.4) is 0 Å². The van der Waals surface area contributed by atoms with Crippen molar-refractivity contribution in [1.29, 1.82) is 0 Å². The van der Waals surface area contributed by atoms with Crippen LogP contribution in [0, 0.1) is 6.92 Å². The molecule has 7 nitrogen and oxygen atoms in total. The zero-order valence-electron chi connectivity index (χ0n) is 14.0. The van der Waals surface area contributed by atoms with Crippen molar-refractivity contribution in [2.24, 2.45) is 0 Å². The van der Waals surface area contributed by atoms with Gasteiger partial charge in [0.15, 0.2) is 0 Å². The first-order valence-electron chi connectivity index (χ1n) is 8.21. The Balaban J connectivity index is 1.50. The molecule has 0 aliphatic heterocycles. The molecule has 5 heterocycles. The van der Waals surface area contributed by atoms with E-state index in [-0.39, 0.29) is 0 Å². The van der Waals surface area contributed by atoms with Crippen LogP contribution in [0.1, 0.15) is 11.4 Å². The Kier molecular flexibility index (Phi) is 3.24. The van der Waals surface area contributed by atoms with Gasteiger partial charge in [0, 0.05) is 29.7 Å². The molecule has 0 amide bonds. The highest BCUT2D eigenvalue weighted by molar-refractivity contribution is 5.91. The Morgan fingerprint density at radius 3 is 2.69 bits per heavy atom. The summed E-state index contributed by atoms with van der Waals surface area (Å²) in [6.07, 6.45) is 7.14. The predicted molar refractivity (Wildman–Crippen MR) is 96.9 cm³/mol. The second-order valence-corrected chi connectivity index (χ2v) is 5.94. The quantitative estimate of drug-likeness (QED) is 0.501. The van der Waals surface area contributed by atoms with Crippen molar-refractivity contribution in [1.82, 2.24) is 29.3 Å². The molecule has 5 aromatic heterocycles. The number of fused-ring (bicyclic) bond motifs is 4. The van der Waals surface area contributed by atoms with E-state index in [9.17, 15) is 0 Å². The smallest absolute Gasteiger partial charge is 0.317 e. The van der Waals surface area contributed by atoms with Crippen LogP contribution in [-0.4, -0.2) is 29.3 Å². The van der Waals surface area contributed by atoms with E-state index in [4.69, 9.17) is 9.72 Å². The zero-order chi connectivity index (χ0) is 17.5. The van der Waals surface area contributed by atoms with Crippen LogP contribution in [0.5, 0.6) is 6.01 Å². The van der Waals surface area contributed by atoms with Gasteiger partial charge in [0.1, 0.15) is 17.8 Å². The van der Waals surface area contributed by atoms with Gasteiger partial charge < -0.3 is 9.14 Å². The van der Waals surface area contributed by atoms with Crippen molar-refractivity contribution < 1.29 is 4.74 Å². The van der Waals surface area contributed by atoms with E-state index in [2.05, 4.69) is 19.9 Å². The highest BCUT2D eigenvalue weighted by Gasteiger charge is 2.12. The maximum Gasteiger partial charge on any atom is 0.317 e. The molecule has 5 aromatic rings. The number of pyridine rings is 3. The third-order valence-electron chi connectivity index (χ3n) is 4.38. The van der Waals surface area contributed by atoms with Crippen molar-refractivity contribution >= 4 is 27.6 Å². The molecule has 0 atom stereocenters. The summed E-state index contributed by atoms with van der Waals surface area (Å²) in [5.74, 6) is 0. The van der Waals surface area contributed by atoms with Crippen LogP contribution in [-0.2, 0) is 6.61 Å². The summed E-state index contributed by atoms with van der Waals surface area (Å²) in [6, 6.07) is 9.96. The molecule has 0 saturated carbocycles. The number of ether oxygens (including phenoxy) is 1. The van der Waals surface area contributed by atoms with Crippen LogP contribution in [0.4, 0.5) is 0 Å². The third-order valence-corrected chi connectivity index (χ3v) is 4.38. The summed E-state index contributed by atoms with van der Waals surface area (Å²) in [5, 5.41) is 1.01. The van der Waals surface area contributed by atoms with E-state index in [0.29, 0.717) is 12.6 Å². The molecule has 0 N–H and O–H groups in total. The monoisotopic (exact) mass is 342 g/mol. The molecule has 0 spiro atoms. The number of nitrogens with zero attached hydrogens (tertiary/aromatic N) is 6. The van der Waals surface area contributed by atoms with Gasteiger partial charge in [-0.05, 0) is 37.3 Å². The van der Waals surface area contributed by atoms with Gasteiger partial charge in [-0.3, -0.25) is 9.97 Å². The Bertz CT molecular complexity index is 1260. The Labute approximate surface area is 148 Å². The number of hydrogen-bond donors (Lipinski definition) is 0. The Morgan fingerprint density at radius 1 is 0.923 bits per heavy atom. The first kappa shape index (κ1) is 14.7. The molecule has 0 radical (unpaired) electrons. The lowest BCUT2D eigenvalue weighted by Crippen LogP contribution is -2.01. The number of aromatic nitrogens is 6. The van der Waals surface area contributed by atoms with Gasteiger partial charge in [-0.25, -0.2) is 9.97 Å². The van der Waals surface area contributed by atoms with Gasteiger partial charge in [-0.2, -0.15) is 4.98 Å². The fourth-order valence-corrected chi connectivity index (χ4v) is 3.01. The number of aryl methyl sites for hydroxylation is 1. The van der Waals surface area contributed by atoms with E-state index >= 15 is 0 Å². The maximum absolute atomic E-state index is 5.78. The molecule has 7 heteroatoms. The third kappa shape index (κ3) is 2.33. The van der Waals surface area contributed by atoms with Crippen molar-refractivity contribution in [2.45, 2.75) is 13.5 Å². The van der Waals surface area contributed by atoms with Crippen LogP contribution in [0.2, 0.25) is 0 Å². The molecule has 0 unspecified atom stereocenters. The number of imidazole rings is 1. The molecule has 0 fully saturated rings. The molecular formula is C19H14N6O. The fraction of sp³-hybridized carbons (Fsp3) is 0.105. The van der Waals surface area contributed by atoms with E-state index in [1.54, 1.807) is 18.6 Å². The van der Waals surface area contributed by atoms with E-state index in [1.165, 1.54) is 0 Å². The van der Waals surface area contributed by atoms with E-state index in [1.807, 2.05) is 47.9 Å². The minimum atomic E-state index is 0.293. The summed E-state index contributed by atoms with van der Waals surface area (Å²) in [7, 11) is 0. The zero-order valence-corrected chi connectivity index (χ0v) is 14.0. The average Bonchev–Trinajstić information content (AvgIpc) is 3.02. The Hall–Kier alpha value is -3.61. The second kappa shape index (κ2) is 5.73. The van der Waals surface area contributed by atoms with Gasteiger partial charge in [-0.15, -0.1) is 0 Å². The number of rotatable bonds is 3. The first-order chi connectivity index (χ1) is 12.8. The minimum Gasteiger partial charge on any atom is -0.457 e. The predicted octanol–water partition coefficient (Wildman–Crippen LogP) is 3.11. The largest absolute Gasteiger partial charge is 0.457 e. The maximum atomic E-state index is 5.78. The molecule has 0 aliphatic carbocycles. The summed E-state index contributed by atoms with van der Waals surface area (Å²) in [5.41, 5.74) is 5.15. The molecule has 0 saturated heterocycles. The highest BCUT2D eigenvalue weighted by Crippen LogP contribution is 2.21. The average molecular weight is 342 g/mol. The summed E-state index contributed by atoms with van der Waals surface area (Å²) >= 11 is 0. The van der Waals surface area contributed by atoms with Crippen molar-refractivity contribution in [3.05, 3.63) is 66.5 Å². The van der Waals surface area contributed by atoms with Gasteiger partial charge in [0.25, 0.3) is 0 Å².